The molecule has 0 amide bonds. The maximum atomic E-state index is 13.4. The van der Waals surface area contributed by atoms with Gasteiger partial charge in [0.15, 0.2) is 21.3 Å². The maximum absolute atomic E-state index is 13.4. The van der Waals surface area contributed by atoms with Crippen LogP contribution in [0.2, 0.25) is 10.0 Å². The molecule has 0 aliphatic carbocycles. The van der Waals surface area contributed by atoms with E-state index >= 15 is 0 Å². The molecule has 0 radical (unpaired) electrons. The number of sulfone groups is 1. The minimum Gasteiger partial charge on any atom is -0.454 e. The number of hydrogen-bond acceptors (Lipinski definition) is 4. The molecule has 0 bridgehead atoms. The SMILES string of the molecule is O=S(=O)(Cc1cc(Cl)c2c(c1)OCO2)C(c1ccccc1)c1ccc(Cl)cc1. The summed E-state index contributed by atoms with van der Waals surface area (Å²) < 4.78 is 37.6. The Morgan fingerprint density at radius 3 is 2.29 bits per heavy atom. The van der Waals surface area contributed by atoms with Crippen molar-refractivity contribution in [3.05, 3.63) is 93.5 Å². The van der Waals surface area contributed by atoms with E-state index in [4.69, 9.17) is 32.7 Å². The lowest BCUT2D eigenvalue weighted by molar-refractivity contribution is 0.174. The molecule has 1 aliphatic rings. The molecule has 4 nitrogen and oxygen atoms in total. The first-order chi connectivity index (χ1) is 13.4. The number of halogens is 2. The third-order valence-electron chi connectivity index (χ3n) is 4.49. The van der Waals surface area contributed by atoms with Crippen LogP contribution in [0, 0.1) is 0 Å². The molecule has 0 saturated heterocycles. The molecule has 1 heterocycles. The van der Waals surface area contributed by atoms with Gasteiger partial charge in [0.2, 0.25) is 6.79 Å². The largest absolute Gasteiger partial charge is 0.454 e. The molecule has 7 heteroatoms. The maximum Gasteiger partial charge on any atom is 0.231 e. The smallest absolute Gasteiger partial charge is 0.231 e. The van der Waals surface area contributed by atoms with Crippen LogP contribution >= 0.6 is 23.2 Å². The van der Waals surface area contributed by atoms with Gasteiger partial charge in [-0.2, -0.15) is 0 Å². The molecular weight excluding hydrogens is 419 g/mol. The highest BCUT2D eigenvalue weighted by molar-refractivity contribution is 7.91. The summed E-state index contributed by atoms with van der Waals surface area (Å²) in [5.74, 6) is 0.714. The lowest BCUT2D eigenvalue weighted by Gasteiger charge is -2.19. The minimum atomic E-state index is -3.63. The first-order valence-electron chi connectivity index (χ1n) is 8.54. The number of ether oxygens (including phenoxy) is 2. The Hall–Kier alpha value is -2.21. The molecule has 144 valence electrons. The fourth-order valence-electron chi connectivity index (χ4n) is 3.29. The van der Waals surface area contributed by atoms with Gasteiger partial charge in [-0.25, -0.2) is 8.42 Å². The Balaban J connectivity index is 1.75. The summed E-state index contributed by atoms with van der Waals surface area (Å²) in [5.41, 5.74) is 1.89. The molecule has 4 rings (SSSR count). The molecule has 3 aromatic carbocycles. The summed E-state index contributed by atoms with van der Waals surface area (Å²) in [5, 5.41) is 0.0635. The molecule has 1 aliphatic heterocycles. The Bertz CT molecular complexity index is 1100. The van der Waals surface area contributed by atoms with Crippen LogP contribution in [0.3, 0.4) is 0 Å². The van der Waals surface area contributed by atoms with E-state index in [2.05, 4.69) is 0 Å². The zero-order valence-corrected chi connectivity index (χ0v) is 17.0. The average molecular weight is 435 g/mol. The van der Waals surface area contributed by atoms with Crippen molar-refractivity contribution < 1.29 is 17.9 Å². The van der Waals surface area contributed by atoms with E-state index in [1.807, 2.05) is 30.3 Å². The van der Waals surface area contributed by atoms with Crippen molar-refractivity contribution in [3.63, 3.8) is 0 Å². The zero-order valence-electron chi connectivity index (χ0n) is 14.6. The second-order valence-corrected chi connectivity index (χ2v) is 9.39. The summed E-state index contributed by atoms with van der Waals surface area (Å²) in [6, 6.07) is 19.3. The topological polar surface area (TPSA) is 52.6 Å². The highest BCUT2D eigenvalue weighted by Gasteiger charge is 2.30. The predicted octanol–water partition coefficient (Wildman–Crippen LogP) is 5.43. The van der Waals surface area contributed by atoms with Gasteiger partial charge in [0.05, 0.1) is 10.8 Å². The molecule has 28 heavy (non-hydrogen) atoms. The van der Waals surface area contributed by atoms with Crippen molar-refractivity contribution in [1.82, 2.24) is 0 Å². The Labute approximate surface area is 173 Å². The molecule has 0 spiro atoms. The van der Waals surface area contributed by atoms with Crippen LogP contribution in [-0.2, 0) is 15.6 Å². The number of hydrogen-bond donors (Lipinski definition) is 0. The van der Waals surface area contributed by atoms with Gasteiger partial charge in [0.1, 0.15) is 5.25 Å². The Morgan fingerprint density at radius 1 is 0.893 bits per heavy atom. The van der Waals surface area contributed by atoms with Gasteiger partial charge in [-0.3, -0.25) is 0 Å². The summed E-state index contributed by atoms with van der Waals surface area (Å²) in [4.78, 5) is 0. The zero-order chi connectivity index (χ0) is 19.7. The second-order valence-electron chi connectivity index (χ2n) is 6.46. The van der Waals surface area contributed by atoms with E-state index in [1.165, 1.54) is 0 Å². The van der Waals surface area contributed by atoms with Crippen LogP contribution in [0.25, 0.3) is 0 Å². The first-order valence-corrected chi connectivity index (χ1v) is 11.0. The van der Waals surface area contributed by atoms with Crippen molar-refractivity contribution in [3.8, 4) is 11.5 Å². The molecule has 3 aromatic rings. The van der Waals surface area contributed by atoms with Gasteiger partial charge in [0.25, 0.3) is 0 Å². The van der Waals surface area contributed by atoms with Crippen molar-refractivity contribution in [2.24, 2.45) is 0 Å². The van der Waals surface area contributed by atoms with Crippen LogP contribution < -0.4 is 9.47 Å². The van der Waals surface area contributed by atoms with E-state index in [9.17, 15) is 8.42 Å². The summed E-state index contributed by atoms with van der Waals surface area (Å²) in [6.07, 6.45) is 0. The molecule has 0 aromatic heterocycles. The fourth-order valence-corrected chi connectivity index (χ4v) is 5.65. The molecule has 0 fully saturated rings. The highest BCUT2D eigenvalue weighted by Crippen LogP contribution is 2.41. The molecule has 0 N–H and O–H groups in total. The van der Waals surface area contributed by atoms with Crippen LogP contribution in [0.4, 0.5) is 0 Å². The van der Waals surface area contributed by atoms with E-state index in [0.717, 1.165) is 0 Å². The van der Waals surface area contributed by atoms with Gasteiger partial charge in [0, 0.05) is 5.02 Å². The second kappa shape index (κ2) is 7.66. The monoisotopic (exact) mass is 434 g/mol. The van der Waals surface area contributed by atoms with Crippen LogP contribution in [0.1, 0.15) is 21.9 Å². The third-order valence-corrected chi connectivity index (χ3v) is 7.02. The number of benzene rings is 3. The van der Waals surface area contributed by atoms with Crippen LogP contribution in [0.5, 0.6) is 11.5 Å². The van der Waals surface area contributed by atoms with Crippen molar-refractivity contribution in [2.75, 3.05) is 6.79 Å². The van der Waals surface area contributed by atoms with E-state index in [-0.39, 0.29) is 12.5 Å². The highest BCUT2D eigenvalue weighted by atomic mass is 35.5. The summed E-state index contributed by atoms with van der Waals surface area (Å²) >= 11 is 12.2. The summed E-state index contributed by atoms with van der Waals surface area (Å²) in [6.45, 7) is 0.0721. The fraction of sp³-hybridized carbons (Fsp3) is 0.143. The Morgan fingerprint density at radius 2 is 1.57 bits per heavy atom. The number of fused-ring (bicyclic) bond motifs is 1. The van der Waals surface area contributed by atoms with Gasteiger partial charge < -0.3 is 9.47 Å². The molecule has 0 saturated carbocycles. The van der Waals surface area contributed by atoms with E-state index in [1.54, 1.807) is 36.4 Å². The Kier molecular flexibility index (Phi) is 5.23. The van der Waals surface area contributed by atoms with Crippen molar-refractivity contribution in [1.29, 1.82) is 0 Å². The first kappa shape index (κ1) is 19.1. The van der Waals surface area contributed by atoms with Crippen LogP contribution in [-0.4, -0.2) is 15.2 Å². The van der Waals surface area contributed by atoms with Crippen LogP contribution in [0.15, 0.2) is 66.7 Å². The van der Waals surface area contributed by atoms with Gasteiger partial charge >= 0.3 is 0 Å². The van der Waals surface area contributed by atoms with Crippen molar-refractivity contribution >= 4 is 33.0 Å². The number of rotatable bonds is 5. The van der Waals surface area contributed by atoms with Gasteiger partial charge in [-0.1, -0.05) is 65.7 Å². The molecule has 1 unspecified atom stereocenters. The quantitative estimate of drug-likeness (QED) is 0.537. The molecule has 1 atom stereocenters. The average Bonchev–Trinajstić information content (AvgIpc) is 3.13. The third kappa shape index (κ3) is 3.83. The van der Waals surface area contributed by atoms with Gasteiger partial charge in [-0.05, 0) is 41.0 Å². The minimum absolute atomic E-state index is 0.0721. The van der Waals surface area contributed by atoms with Crippen molar-refractivity contribution in [2.45, 2.75) is 11.0 Å². The summed E-state index contributed by atoms with van der Waals surface area (Å²) in [7, 11) is -3.63. The van der Waals surface area contributed by atoms with E-state index in [0.29, 0.717) is 38.2 Å². The van der Waals surface area contributed by atoms with E-state index < -0.39 is 15.1 Å². The van der Waals surface area contributed by atoms with Gasteiger partial charge in [-0.15, -0.1) is 0 Å². The normalized spacial score (nSPS) is 14.1. The standard InChI is InChI=1S/C21H16Cl2O4S/c22-17-8-6-16(7-9-17)21(15-4-2-1-3-5-15)28(24,25)12-14-10-18(23)20-19(11-14)26-13-27-20/h1-11,21H,12-13H2. The lowest BCUT2D eigenvalue weighted by Crippen LogP contribution is -2.17. The lowest BCUT2D eigenvalue weighted by atomic mass is 10.0. The molecular formula is C21H16Cl2O4S. The predicted molar refractivity (Wildman–Crippen MR) is 110 cm³/mol.